The molecule has 8 nitrogen and oxygen atoms in total. The Morgan fingerprint density at radius 1 is 1.35 bits per heavy atom. The number of ether oxygens (including phenoxy) is 1. The van der Waals surface area contributed by atoms with Crippen LogP contribution in [0.4, 0.5) is 0 Å². The van der Waals surface area contributed by atoms with E-state index in [2.05, 4.69) is 14.8 Å². The maximum absolute atomic E-state index is 12.0. The third-order valence-electron chi connectivity index (χ3n) is 2.94. The molecule has 2 rings (SSSR count). The number of sulfonamides is 1. The lowest BCUT2D eigenvalue weighted by Crippen LogP contribution is -2.32. The van der Waals surface area contributed by atoms with Gasteiger partial charge in [0.1, 0.15) is 18.8 Å². The van der Waals surface area contributed by atoms with E-state index in [9.17, 15) is 13.2 Å². The third-order valence-corrected chi connectivity index (χ3v) is 3.63. The second kappa shape index (κ2) is 7.34. The van der Waals surface area contributed by atoms with Crippen LogP contribution in [0.3, 0.4) is 0 Å². The lowest BCUT2D eigenvalue weighted by Gasteiger charge is -2.13. The molecule has 0 spiro atoms. The Labute approximate surface area is 134 Å². The Morgan fingerprint density at radius 3 is 2.61 bits per heavy atom. The molecule has 0 radical (unpaired) electrons. The Morgan fingerprint density at radius 2 is 2.04 bits per heavy atom. The molecule has 1 aromatic carbocycles. The molecule has 23 heavy (non-hydrogen) atoms. The largest absolute Gasteiger partial charge is 0.458 e. The van der Waals surface area contributed by atoms with Crippen molar-refractivity contribution in [1.82, 2.24) is 19.5 Å². The molecule has 2 aromatic rings. The van der Waals surface area contributed by atoms with Crippen molar-refractivity contribution in [2.45, 2.75) is 19.6 Å². The number of nitrogens with zero attached hydrogens (tertiary/aromatic N) is 3. The summed E-state index contributed by atoms with van der Waals surface area (Å²) < 4.78 is 31.1. The van der Waals surface area contributed by atoms with Gasteiger partial charge in [-0.25, -0.2) is 27.6 Å². The normalized spacial score (nSPS) is 12.8. The van der Waals surface area contributed by atoms with Gasteiger partial charge in [0, 0.05) is 6.54 Å². The lowest BCUT2D eigenvalue weighted by molar-refractivity contribution is 0.0352. The number of nitrogens with one attached hydrogen (secondary N) is 1. The van der Waals surface area contributed by atoms with Crippen LogP contribution in [0.5, 0.6) is 0 Å². The Bertz CT molecular complexity index is 742. The molecular formula is C14H18N4O4S. The van der Waals surface area contributed by atoms with Crippen LogP contribution in [0.1, 0.15) is 22.8 Å². The van der Waals surface area contributed by atoms with Crippen molar-refractivity contribution >= 4 is 16.0 Å². The number of carbonyl (C=O) groups excluding carboxylic acids is 1. The molecule has 0 bridgehead atoms. The molecule has 1 N–H and O–H groups in total. The van der Waals surface area contributed by atoms with Gasteiger partial charge < -0.3 is 4.74 Å². The molecule has 0 amide bonds. The van der Waals surface area contributed by atoms with Crippen LogP contribution in [-0.2, 0) is 21.3 Å². The average Bonchev–Trinajstić information content (AvgIpc) is 2.98. The van der Waals surface area contributed by atoms with Crippen molar-refractivity contribution in [3.8, 4) is 0 Å². The fourth-order valence-corrected chi connectivity index (χ4v) is 2.35. The second-order valence-corrected chi connectivity index (χ2v) is 6.96. The minimum absolute atomic E-state index is 0.0367. The van der Waals surface area contributed by atoms with Crippen LogP contribution in [0.15, 0.2) is 36.9 Å². The zero-order valence-electron chi connectivity index (χ0n) is 12.8. The van der Waals surface area contributed by atoms with E-state index >= 15 is 0 Å². The van der Waals surface area contributed by atoms with E-state index in [0.717, 1.165) is 11.8 Å². The molecule has 0 fully saturated rings. The van der Waals surface area contributed by atoms with Gasteiger partial charge in [-0.1, -0.05) is 12.1 Å². The minimum Gasteiger partial charge on any atom is -0.458 e. The van der Waals surface area contributed by atoms with Crippen LogP contribution in [0, 0.1) is 0 Å². The smallest absolute Gasteiger partial charge is 0.338 e. The SMILES string of the molecule is C[C@H](CNS(C)(=O)=O)OC(=O)c1ccc(Cn2cncn2)cc1. The molecule has 1 heterocycles. The molecule has 9 heteroatoms. The molecule has 1 atom stereocenters. The van der Waals surface area contributed by atoms with Gasteiger partial charge in [0.2, 0.25) is 10.0 Å². The Hall–Kier alpha value is -2.26. The summed E-state index contributed by atoms with van der Waals surface area (Å²) in [5.74, 6) is -0.500. The fourth-order valence-electron chi connectivity index (χ4n) is 1.81. The van der Waals surface area contributed by atoms with E-state index in [1.54, 1.807) is 42.2 Å². The molecular weight excluding hydrogens is 320 g/mol. The van der Waals surface area contributed by atoms with Gasteiger partial charge in [-0.3, -0.25) is 0 Å². The van der Waals surface area contributed by atoms with E-state index in [1.165, 1.54) is 6.33 Å². The first-order valence-corrected chi connectivity index (χ1v) is 8.79. The van der Waals surface area contributed by atoms with Crippen LogP contribution in [0.2, 0.25) is 0 Å². The topological polar surface area (TPSA) is 103 Å². The van der Waals surface area contributed by atoms with Crippen LogP contribution >= 0.6 is 0 Å². The summed E-state index contributed by atoms with van der Waals surface area (Å²) in [5, 5.41) is 4.01. The molecule has 1 aromatic heterocycles. The van der Waals surface area contributed by atoms with Crippen molar-refractivity contribution < 1.29 is 17.9 Å². The zero-order valence-corrected chi connectivity index (χ0v) is 13.7. The Balaban J connectivity index is 1.89. The minimum atomic E-state index is -3.30. The summed E-state index contributed by atoms with van der Waals surface area (Å²) in [6.07, 6.45) is 3.55. The number of carbonyl (C=O) groups is 1. The standard InChI is InChI=1S/C14H18N4O4S/c1-11(7-17-23(2,20)21)22-14(19)13-5-3-12(4-6-13)8-18-10-15-9-16-18/h3-6,9-11,17H,7-8H2,1-2H3/t11-/m1/s1. The highest BCUT2D eigenvalue weighted by Crippen LogP contribution is 2.08. The Kier molecular flexibility index (Phi) is 5.45. The van der Waals surface area contributed by atoms with Gasteiger partial charge in [-0.2, -0.15) is 5.10 Å². The first-order chi connectivity index (χ1) is 10.8. The quantitative estimate of drug-likeness (QED) is 0.734. The van der Waals surface area contributed by atoms with Crippen LogP contribution < -0.4 is 4.72 Å². The molecule has 0 saturated carbocycles. The number of esters is 1. The molecule has 0 aliphatic rings. The highest BCUT2D eigenvalue weighted by atomic mass is 32.2. The van der Waals surface area contributed by atoms with Crippen molar-refractivity contribution in [2.24, 2.45) is 0 Å². The molecule has 124 valence electrons. The number of hydrogen-bond donors (Lipinski definition) is 1. The molecule has 0 aliphatic carbocycles. The maximum Gasteiger partial charge on any atom is 0.338 e. The third kappa shape index (κ3) is 5.80. The second-order valence-electron chi connectivity index (χ2n) is 5.13. The van der Waals surface area contributed by atoms with Gasteiger partial charge in [-0.15, -0.1) is 0 Å². The summed E-state index contributed by atoms with van der Waals surface area (Å²) in [6.45, 7) is 2.22. The number of hydrogen-bond acceptors (Lipinski definition) is 6. The van der Waals surface area contributed by atoms with E-state index < -0.39 is 22.1 Å². The van der Waals surface area contributed by atoms with Crippen LogP contribution in [0.25, 0.3) is 0 Å². The molecule has 0 saturated heterocycles. The van der Waals surface area contributed by atoms with Gasteiger partial charge in [0.25, 0.3) is 0 Å². The first kappa shape index (κ1) is 17.1. The van der Waals surface area contributed by atoms with Crippen molar-refractivity contribution in [3.05, 3.63) is 48.0 Å². The highest BCUT2D eigenvalue weighted by Gasteiger charge is 2.13. The van der Waals surface area contributed by atoms with Gasteiger partial charge in [0.05, 0.1) is 18.4 Å². The number of aromatic nitrogens is 3. The fraction of sp³-hybridized carbons (Fsp3) is 0.357. The number of rotatable bonds is 7. The van der Waals surface area contributed by atoms with E-state index in [1.807, 2.05) is 0 Å². The number of benzene rings is 1. The highest BCUT2D eigenvalue weighted by molar-refractivity contribution is 7.88. The van der Waals surface area contributed by atoms with E-state index in [4.69, 9.17) is 4.74 Å². The van der Waals surface area contributed by atoms with Gasteiger partial charge in [-0.05, 0) is 24.6 Å². The summed E-state index contributed by atoms with van der Waals surface area (Å²) in [5.41, 5.74) is 1.37. The summed E-state index contributed by atoms with van der Waals surface area (Å²) in [6, 6.07) is 6.92. The van der Waals surface area contributed by atoms with Gasteiger partial charge >= 0.3 is 5.97 Å². The summed E-state index contributed by atoms with van der Waals surface area (Å²) >= 11 is 0. The van der Waals surface area contributed by atoms with Crippen molar-refractivity contribution in [3.63, 3.8) is 0 Å². The van der Waals surface area contributed by atoms with Crippen molar-refractivity contribution in [2.75, 3.05) is 12.8 Å². The van der Waals surface area contributed by atoms with E-state index in [0.29, 0.717) is 12.1 Å². The zero-order chi connectivity index (χ0) is 16.9. The predicted molar refractivity (Wildman–Crippen MR) is 83.3 cm³/mol. The summed E-state index contributed by atoms with van der Waals surface area (Å²) in [7, 11) is -3.30. The van der Waals surface area contributed by atoms with Crippen LogP contribution in [-0.4, -0.2) is 48.1 Å². The molecule has 0 aliphatic heterocycles. The first-order valence-electron chi connectivity index (χ1n) is 6.90. The predicted octanol–water partition coefficient (Wildman–Crippen LogP) is 0.421. The summed E-state index contributed by atoms with van der Waals surface area (Å²) in [4.78, 5) is 15.8. The van der Waals surface area contributed by atoms with Crippen molar-refractivity contribution in [1.29, 1.82) is 0 Å². The monoisotopic (exact) mass is 338 g/mol. The van der Waals surface area contributed by atoms with E-state index in [-0.39, 0.29) is 6.54 Å². The average molecular weight is 338 g/mol. The van der Waals surface area contributed by atoms with Gasteiger partial charge in [0.15, 0.2) is 0 Å². The molecule has 0 unspecified atom stereocenters. The lowest BCUT2D eigenvalue weighted by atomic mass is 10.1. The maximum atomic E-state index is 12.0.